The van der Waals surface area contributed by atoms with Crippen molar-refractivity contribution in [3.63, 3.8) is 0 Å². The topological polar surface area (TPSA) is 234 Å². The molecule has 2 rings (SSSR count). The summed E-state index contributed by atoms with van der Waals surface area (Å²) in [6.07, 6.45) is -4.48. The molecule has 0 saturated heterocycles. The summed E-state index contributed by atoms with van der Waals surface area (Å²) in [5.41, 5.74) is -2.97. The molecule has 0 bridgehead atoms. The van der Waals surface area contributed by atoms with Gasteiger partial charge in [-0.05, 0) is 18.7 Å². The number of nitro groups is 2. The van der Waals surface area contributed by atoms with Crippen molar-refractivity contribution in [1.82, 2.24) is 9.55 Å². The van der Waals surface area contributed by atoms with Crippen molar-refractivity contribution in [2.45, 2.75) is 43.6 Å². The molecule has 0 saturated carbocycles. The van der Waals surface area contributed by atoms with Crippen LogP contribution < -0.4 is 16.6 Å². The summed E-state index contributed by atoms with van der Waals surface area (Å²) in [7, 11) is 0. The fraction of sp³-hybridized carbons (Fsp3) is 0.474. The monoisotopic (exact) mass is 515 g/mol. The molecule has 35 heavy (non-hydrogen) atoms. The van der Waals surface area contributed by atoms with Gasteiger partial charge in [0.25, 0.3) is 16.9 Å². The number of aromatic amines is 1. The van der Waals surface area contributed by atoms with Crippen LogP contribution in [0.4, 0.5) is 17.1 Å². The Bertz CT molecular complexity index is 1190. The molecule has 1 aromatic heterocycles. The lowest BCUT2D eigenvalue weighted by molar-refractivity contribution is -0.393. The van der Waals surface area contributed by atoms with Gasteiger partial charge in [-0.2, -0.15) is 0 Å². The van der Waals surface area contributed by atoms with Gasteiger partial charge in [-0.3, -0.25) is 34.6 Å². The zero-order chi connectivity index (χ0) is 26.4. The van der Waals surface area contributed by atoms with Gasteiger partial charge in [-0.15, -0.1) is 11.8 Å². The number of nitro benzene ring substituents is 2. The Hall–Kier alpha value is -3.31. The molecular formula is C19H25N5O10S. The maximum Gasteiger partial charge on any atom is 0.329 e. The number of hydrogen-bond donors (Lipinski definition) is 6. The Labute approximate surface area is 201 Å². The van der Waals surface area contributed by atoms with Crippen molar-refractivity contribution in [1.29, 1.82) is 0 Å². The second-order valence-corrected chi connectivity index (χ2v) is 8.84. The third kappa shape index (κ3) is 6.43. The molecule has 0 aliphatic carbocycles. The molecule has 0 aliphatic heterocycles. The van der Waals surface area contributed by atoms with E-state index in [1.807, 2.05) is 0 Å². The first-order chi connectivity index (χ1) is 16.4. The van der Waals surface area contributed by atoms with Crippen LogP contribution >= 0.6 is 11.8 Å². The van der Waals surface area contributed by atoms with E-state index in [0.717, 1.165) is 28.5 Å². The van der Waals surface area contributed by atoms with E-state index in [1.165, 1.54) is 13.1 Å². The van der Waals surface area contributed by atoms with Crippen molar-refractivity contribution < 1.29 is 30.3 Å². The zero-order valence-electron chi connectivity index (χ0n) is 18.6. The molecule has 0 fully saturated rings. The van der Waals surface area contributed by atoms with Crippen molar-refractivity contribution in [3.8, 4) is 0 Å². The van der Waals surface area contributed by atoms with Crippen LogP contribution in [0.5, 0.6) is 0 Å². The van der Waals surface area contributed by atoms with Crippen molar-refractivity contribution >= 4 is 28.8 Å². The molecule has 15 nitrogen and oxygen atoms in total. The van der Waals surface area contributed by atoms with Gasteiger partial charge < -0.3 is 25.7 Å². The SMILES string of the molecule is CCS[C@H]([C@@H](Nc1ccc([N+](=O)[O-])cc1[N+](=O)[O-])[C@H](O)[C@H](O)[C@H](O)CO)n1cc(C)c(=O)[nH]c1=O. The standard InChI is InChI=1S/C19H25N5O10S/c1-3-35-18(22-7-9(2)17(29)21-19(22)30)14(16(28)15(27)13(26)8-25)20-11-5-4-10(23(31)32)6-12(11)24(33)34/h4-7,13-16,18,20,25-28H,3,8H2,1-2H3,(H,21,29,30)/t13-,14+,15-,16+,18-/m1/s1. The number of aliphatic hydroxyl groups excluding tert-OH is 4. The van der Waals surface area contributed by atoms with E-state index in [0.29, 0.717) is 11.8 Å². The first-order valence-electron chi connectivity index (χ1n) is 10.2. The molecule has 16 heteroatoms. The van der Waals surface area contributed by atoms with E-state index in [2.05, 4.69) is 10.3 Å². The first kappa shape index (κ1) is 27.9. The van der Waals surface area contributed by atoms with Crippen LogP contribution in [-0.4, -0.2) is 76.5 Å². The molecule has 1 heterocycles. The summed E-state index contributed by atoms with van der Waals surface area (Å²) in [6.45, 7) is 2.21. The Morgan fingerprint density at radius 2 is 1.80 bits per heavy atom. The average Bonchev–Trinajstić information content (AvgIpc) is 2.82. The highest BCUT2D eigenvalue weighted by Gasteiger charge is 2.39. The first-order valence-corrected chi connectivity index (χ1v) is 11.3. The number of aliphatic hydroxyl groups is 4. The van der Waals surface area contributed by atoms with E-state index in [1.54, 1.807) is 6.92 Å². The number of nitrogens with one attached hydrogen (secondary N) is 2. The number of thioether (sulfide) groups is 1. The van der Waals surface area contributed by atoms with Gasteiger partial charge in [-0.1, -0.05) is 6.92 Å². The average molecular weight is 516 g/mol. The second-order valence-electron chi connectivity index (χ2n) is 7.44. The van der Waals surface area contributed by atoms with Crippen molar-refractivity contribution in [2.75, 3.05) is 17.7 Å². The summed E-state index contributed by atoms with van der Waals surface area (Å²) in [6, 6.07) is 1.26. The minimum Gasteiger partial charge on any atom is -0.394 e. The maximum atomic E-state index is 12.6. The molecular weight excluding hydrogens is 490 g/mol. The number of H-pyrrole nitrogens is 1. The van der Waals surface area contributed by atoms with E-state index < -0.39 is 68.8 Å². The summed E-state index contributed by atoms with van der Waals surface area (Å²) in [5, 5.41) is 64.6. The smallest absolute Gasteiger partial charge is 0.329 e. The highest BCUT2D eigenvalue weighted by Crippen LogP contribution is 2.35. The zero-order valence-corrected chi connectivity index (χ0v) is 19.4. The van der Waals surface area contributed by atoms with E-state index in [-0.39, 0.29) is 11.3 Å². The molecule has 6 N–H and O–H groups in total. The fourth-order valence-electron chi connectivity index (χ4n) is 3.26. The predicted molar refractivity (Wildman–Crippen MR) is 125 cm³/mol. The normalized spacial score (nSPS) is 15.6. The predicted octanol–water partition coefficient (Wildman–Crippen LogP) is -0.531. The highest BCUT2D eigenvalue weighted by molar-refractivity contribution is 7.99. The minimum absolute atomic E-state index is 0.136. The number of nitrogens with zero attached hydrogens (tertiary/aromatic N) is 3. The molecule has 5 atom stereocenters. The molecule has 0 radical (unpaired) electrons. The van der Waals surface area contributed by atoms with Crippen LogP contribution in [0, 0.1) is 27.2 Å². The lowest BCUT2D eigenvalue weighted by Gasteiger charge is -2.35. The number of anilines is 1. The lowest BCUT2D eigenvalue weighted by Crippen LogP contribution is -2.52. The lowest BCUT2D eigenvalue weighted by atomic mass is 10.00. The Morgan fingerprint density at radius 1 is 1.14 bits per heavy atom. The van der Waals surface area contributed by atoms with Gasteiger partial charge in [-0.25, -0.2) is 4.79 Å². The van der Waals surface area contributed by atoms with E-state index in [9.17, 15) is 50.2 Å². The fourth-order valence-corrected chi connectivity index (χ4v) is 4.36. The van der Waals surface area contributed by atoms with Gasteiger partial charge in [0.05, 0.1) is 28.6 Å². The van der Waals surface area contributed by atoms with Gasteiger partial charge in [0, 0.05) is 17.8 Å². The molecule has 0 amide bonds. The van der Waals surface area contributed by atoms with E-state index in [4.69, 9.17) is 0 Å². The summed E-state index contributed by atoms with van der Waals surface area (Å²) >= 11 is 1.06. The molecule has 0 unspecified atom stereocenters. The summed E-state index contributed by atoms with van der Waals surface area (Å²) < 4.78 is 1.04. The Kier molecular flexibility index (Phi) is 9.49. The molecule has 0 aliphatic rings. The van der Waals surface area contributed by atoms with E-state index >= 15 is 0 Å². The van der Waals surface area contributed by atoms with Gasteiger partial charge in [0.15, 0.2) is 0 Å². The van der Waals surface area contributed by atoms with Gasteiger partial charge in [0.2, 0.25) is 0 Å². The third-order valence-corrected chi connectivity index (χ3v) is 6.27. The van der Waals surface area contributed by atoms with Gasteiger partial charge >= 0.3 is 5.69 Å². The number of non-ortho nitro benzene ring substituents is 1. The number of aromatic nitrogens is 2. The number of hydrogen-bond acceptors (Lipinski definition) is 12. The van der Waals surface area contributed by atoms with Crippen LogP contribution in [0.1, 0.15) is 17.9 Å². The molecule has 192 valence electrons. The van der Waals surface area contributed by atoms with Crippen LogP contribution in [0.25, 0.3) is 0 Å². The van der Waals surface area contributed by atoms with Crippen LogP contribution in [0.2, 0.25) is 0 Å². The van der Waals surface area contributed by atoms with Crippen LogP contribution in [-0.2, 0) is 0 Å². The van der Waals surface area contributed by atoms with Crippen LogP contribution in [0.3, 0.4) is 0 Å². The third-order valence-electron chi connectivity index (χ3n) is 5.07. The number of aryl methyl sites for hydroxylation is 1. The molecule has 2 aromatic rings. The largest absolute Gasteiger partial charge is 0.394 e. The molecule has 0 spiro atoms. The van der Waals surface area contributed by atoms with Crippen molar-refractivity contribution in [2.24, 2.45) is 0 Å². The molecule has 1 aromatic carbocycles. The minimum atomic E-state index is -1.96. The van der Waals surface area contributed by atoms with Crippen molar-refractivity contribution in [3.05, 3.63) is 71.0 Å². The summed E-state index contributed by atoms with van der Waals surface area (Å²) in [4.78, 5) is 47.5. The van der Waals surface area contributed by atoms with Crippen LogP contribution in [0.15, 0.2) is 34.0 Å². The highest BCUT2D eigenvalue weighted by atomic mass is 32.2. The summed E-state index contributed by atoms with van der Waals surface area (Å²) in [5.74, 6) is 0.335. The van der Waals surface area contributed by atoms with Gasteiger partial charge in [0.1, 0.15) is 29.4 Å². The Balaban J connectivity index is 2.70. The number of rotatable bonds is 12. The quantitative estimate of drug-likeness (QED) is 0.155. The second kappa shape index (κ2) is 11.9. The maximum absolute atomic E-state index is 12.6. The number of benzene rings is 1. The Morgan fingerprint density at radius 3 is 2.34 bits per heavy atom.